The zero-order valence-corrected chi connectivity index (χ0v) is 10.8. The van der Waals surface area contributed by atoms with Crippen LogP contribution in [0.3, 0.4) is 0 Å². The van der Waals surface area contributed by atoms with Crippen LogP contribution in [0, 0.1) is 24.1 Å². The Labute approximate surface area is 114 Å². The van der Waals surface area contributed by atoms with Gasteiger partial charge in [0, 0.05) is 6.07 Å². The van der Waals surface area contributed by atoms with Gasteiger partial charge in [-0.05, 0) is 36.8 Å². The monoisotopic (exact) mass is 266 g/mol. The van der Waals surface area contributed by atoms with Crippen molar-refractivity contribution < 1.29 is 4.39 Å². The minimum absolute atomic E-state index is 0.264. The van der Waals surface area contributed by atoms with Crippen molar-refractivity contribution in [3.05, 3.63) is 53.3 Å². The van der Waals surface area contributed by atoms with Gasteiger partial charge < -0.3 is 5.73 Å². The Balaban J connectivity index is 2.33. The SMILES string of the molecule is Cc1cc2c(cc1F)nc(N)n2-c1cccc(C#N)c1. The average Bonchev–Trinajstić information content (AvgIpc) is 2.74. The lowest BCUT2D eigenvalue weighted by atomic mass is 10.2. The van der Waals surface area contributed by atoms with E-state index in [-0.39, 0.29) is 11.8 Å². The molecule has 0 atom stereocenters. The Morgan fingerprint density at radius 3 is 2.85 bits per heavy atom. The molecule has 0 radical (unpaired) electrons. The van der Waals surface area contributed by atoms with E-state index in [4.69, 9.17) is 11.0 Å². The molecule has 1 heterocycles. The van der Waals surface area contributed by atoms with E-state index in [1.54, 1.807) is 35.8 Å². The van der Waals surface area contributed by atoms with E-state index >= 15 is 0 Å². The quantitative estimate of drug-likeness (QED) is 0.736. The number of aryl methyl sites for hydroxylation is 1. The predicted molar refractivity (Wildman–Crippen MR) is 74.9 cm³/mol. The Morgan fingerprint density at radius 2 is 2.10 bits per heavy atom. The number of benzene rings is 2. The first-order valence-corrected chi connectivity index (χ1v) is 6.05. The number of nitrogens with two attached hydrogens (primary N) is 1. The Hall–Kier alpha value is -2.87. The van der Waals surface area contributed by atoms with Gasteiger partial charge in [0.05, 0.1) is 28.4 Å². The molecule has 2 aromatic carbocycles. The maximum Gasteiger partial charge on any atom is 0.205 e. The van der Waals surface area contributed by atoms with Crippen molar-refractivity contribution in [1.82, 2.24) is 9.55 Å². The molecule has 4 nitrogen and oxygen atoms in total. The lowest BCUT2D eigenvalue weighted by molar-refractivity contribution is 0.620. The van der Waals surface area contributed by atoms with Gasteiger partial charge >= 0.3 is 0 Å². The van der Waals surface area contributed by atoms with Gasteiger partial charge in [-0.15, -0.1) is 0 Å². The number of fused-ring (bicyclic) bond motifs is 1. The number of rotatable bonds is 1. The van der Waals surface area contributed by atoms with E-state index in [2.05, 4.69) is 11.1 Å². The van der Waals surface area contributed by atoms with Gasteiger partial charge in [-0.1, -0.05) is 6.07 Å². The Kier molecular flexibility index (Phi) is 2.65. The van der Waals surface area contributed by atoms with E-state index in [1.165, 1.54) is 6.07 Å². The van der Waals surface area contributed by atoms with Crippen LogP contribution in [0.15, 0.2) is 36.4 Å². The molecular weight excluding hydrogens is 255 g/mol. The van der Waals surface area contributed by atoms with Crippen LogP contribution in [0.5, 0.6) is 0 Å². The smallest absolute Gasteiger partial charge is 0.205 e. The first-order chi connectivity index (χ1) is 9.60. The number of nitriles is 1. The summed E-state index contributed by atoms with van der Waals surface area (Å²) in [7, 11) is 0. The zero-order chi connectivity index (χ0) is 14.3. The van der Waals surface area contributed by atoms with Crippen molar-refractivity contribution in [3.8, 4) is 11.8 Å². The van der Waals surface area contributed by atoms with Crippen molar-refractivity contribution in [2.24, 2.45) is 0 Å². The highest BCUT2D eigenvalue weighted by molar-refractivity contribution is 5.81. The van der Waals surface area contributed by atoms with Gasteiger partial charge in [0.25, 0.3) is 0 Å². The molecular formula is C15H11FN4. The van der Waals surface area contributed by atoms with Crippen LogP contribution in [-0.2, 0) is 0 Å². The van der Waals surface area contributed by atoms with Crippen LogP contribution in [0.1, 0.15) is 11.1 Å². The standard InChI is InChI=1S/C15H11FN4/c1-9-5-14-13(7-12(9)16)19-15(18)20(14)11-4-2-3-10(6-11)8-17/h2-7H,1H3,(H2,18,19). The first kappa shape index (κ1) is 12.2. The molecule has 1 aromatic heterocycles. The zero-order valence-electron chi connectivity index (χ0n) is 10.8. The summed E-state index contributed by atoms with van der Waals surface area (Å²) < 4.78 is 15.3. The number of imidazole rings is 1. The summed E-state index contributed by atoms with van der Waals surface area (Å²) in [5.41, 5.74) is 8.92. The van der Waals surface area contributed by atoms with E-state index in [0.29, 0.717) is 16.6 Å². The summed E-state index contributed by atoms with van der Waals surface area (Å²) >= 11 is 0. The van der Waals surface area contributed by atoms with E-state index in [9.17, 15) is 4.39 Å². The van der Waals surface area contributed by atoms with Crippen LogP contribution in [-0.4, -0.2) is 9.55 Å². The van der Waals surface area contributed by atoms with Gasteiger partial charge in [-0.3, -0.25) is 4.57 Å². The molecule has 0 fully saturated rings. The molecule has 20 heavy (non-hydrogen) atoms. The summed E-state index contributed by atoms with van der Waals surface area (Å²) in [6, 6.07) is 12.2. The fraction of sp³-hybridized carbons (Fsp3) is 0.0667. The molecule has 3 aromatic rings. The lowest BCUT2D eigenvalue weighted by Crippen LogP contribution is -2.01. The van der Waals surface area contributed by atoms with E-state index in [1.807, 2.05) is 6.07 Å². The Morgan fingerprint density at radius 1 is 1.30 bits per heavy atom. The number of nitrogens with zero attached hydrogens (tertiary/aromatic N) is 3. The molecule has 0 bridgehead atoms. The third-order valence-electron chi connectivity index (χ3n) is 3.19. The Bertz CT molecular complexity index is 858. The second kappa shape index (κ2) is 4.35. The molecule has 0 aliphatic heterocycles. The third-order valence-corrected chi connectivity index (χ3v) is 3.19. The van der Waals surface area contributed by atoms with Crippen LogP contribution in [0.25, 0.3) is 16.7 Å². The van der Waals surface area contributed by atoms with Crippen molar-refractivity contribution in [2.45, 2.75) is 6.92 Å². The van der Waals surface area contributed by atoms with E-state index in [0.717, 1.165) is 11.2 Å². The predicted octanol–water partition coefficient (Wildman–Crippen LogP) is 2.93. The summed E-state index contributed by atoms with van der Waals surface area (Å²) in [5.74, 6) is -0.0481. The normalized spacial score (nSPS) is 10.7. The van der Waals surface area contributed by atoms with Gasteiger partial charge in [-0.25, -0.2) is 9.37 Å². The highest BCUT2D eigenvalue weighted by Gasteiger charge is 2.12. The molecule has 0 amide bonds. The molecule has 0 saturated carbocycles. The van der Waals surface area contributed by atoms with Crippen molar-refractivity contribution in [3.63, 3.8) is 0 Å². The summed E-state index contributed by atoms with van der Waals surface area (Å²) in [5, 5.41) is 8.97. The molecule has 98 valence electrons. The molecule has 2 N–H and O–H groups in total. The fourth-order valence-electron chi connectivity index (χ4n) is 2.21. The lowest BCUT2D eigenvalue weighted by Gasteiger charge is -2.07. The van der Waals surface area contributed by atoms with Crippen molar-refractivity contribution in [1.29, 1.82) is 5.26 Å². The topological polar surface area (TPSA) is 67.6 Å². The third kappa shape index (κ3) is 1.79. The summed E-state index contributed by atoms with van der Waals surface area (Å²) in [4.78, 5) is 4.16. The highest BCUT2D eigenvalue weighted by atomic mass is 19.1. The second-order valence-electron chi connectivity index (χ2n) is 4.56. The van der Waals surface area contributed by atoms with Crippen molar-refractivity contribution >= 4 is 17.0 Å². The number of hydrogen-bond donors (Lipinski definition) is 1. The van der Waals surface area contributed by atoms with Crippen LogP contribution in [0.4, 0.5) is 10.3 Å². The first-order valence-electron chi connectivity index (χ1n) is 6.05. The fourth-order valence-corrected chi connectivity index (χ4v) is 2.21. The van der Waals surface area contributed by atoms with Crippen LogP contribution < -0.4 is 5.73 Å². The van der Waals surface area contributed by atoms with Gasteiger partial charge in [0.15, 0.2) is 0 Å². The minimum Gasteiger partial charge on any atom is -0.369 e. The largest absolute Gasteiger partial charge is 0.369 e. The molecule has 0 aliphatic rings. The molecule has 0 unspecified atom stereocenters. The van der Waals surface area contributed by atoms with Gasteiger partial charge in [0.1, 0.15) is 5.82 Å². The maximum atomic E-state index is 13.6. The van der Waals surface area contributed by atoms with E-state index < -0.39 is 0 Å². The maximum absolute atomic E-state index is 13.6. The molecule has 0 spiro atoms. The van der Waals surface area contributed by atoms with Crippen LogP contribution in [0.2, 0.25) is 0 Å². The second-order valence-corrected chi connectivity index (χ2v) is 4.56. The van der Waals surface area contributed by atoms with Crippen molar-refractivity contribution in [2.75, 3.05) is 5.73 Å². The number of hydrogen-bond acceptors (Lipinski definition) is 3. The number of nitrogen functional groups attached to an aromatic ring is 1. The minimum atomic E-state index is -0.312. The highest BCUT2D eigenvalue weighted by Crippen LogP contribution is 2.25. The molecule has 0 aliphatic carbocycles. The molecule has 5 heteroatoms. The summed E-state index contributed by atoms with van der Waals surface area (Å²) in [6.45, 7) is 1.69. The number of halogens is 1. The van der Waals surface area contributed by atoms with Crippen LogP contribution >= 0.6 is 0 Å². The number of aromatic nitrogens is 2. The molecule has 3 rings (SSSR count). The number of anilines is 1. The van der Waals surface area contributed by atoms with Gasteiger partial charge in [-0.2, -0.15) is 5.26 Å². The summed E-state index contributed by atoms with van der Waals surface area (Å²) in [6.07, 6.45) is 0. The molecule has 0 saturated heterocycles. The average molecular weight is 266 g/mol. The van der Waals surface area contributed by atoms with Gasteiger partial charge in [0.2, 0.25) is 5.95 Å².